The van der Waals surface area contributed by atoms with Crippen LogP contribution in [-0.2, 0) is 23.9 Å². The van der Waals surface area contributed by atoms with E-state index in [1.807, 2.05) is 6.92 Å². The summed E-state index contributed by atoms with van der Waals surface area (Å²) in [5.74, 6) is -0.385. The van der Waals surface area contributed by atoms with E-state index in [1.165, 1.54) is 19.3 Å². The lowest BCUT2D eigenvalue weighted by Gasteiger charge is -2.22. The molecule has 0 radical (unpaired) electrons. The molecule has 31 heavy (non-hydrogen) atoms. The van der Waals surface area contributed by atoms with E-state index >= 15 is 0 Å². The molecule has 0 aromatic carbocycles. The van der Waals surface area contributed by atoms with Crippen molar-refractivity contribution < 1.29 is 28.7 Å². The lowest BCUT2D eigenvalue weighted by Crippen LogP contribution is -2.44. The van der Waals surface area contributed by atoms with Gasteiger partial charge >= 0.3 is 12.1 Å². The number of nitrogens with two attached hydrogens (primary N) is 1. The molecular formula is C21H38N4O6. The zero-order chi connectivity index (χ0) is 22.5. The first kappa shape index (κ1) is 25.5. The van der Waals surface area contributed by atoms with Gasteiger partial charge in [0.15, 0.2) is 0 Å². The number of ether oxygens (including phenoxy) is 2. The van der Waals surface area contributed by atoms with Crippen molar-refractivity contribution in [1.29, 1.82) is 0 Å². The molecule has 2 fully saturated rings. The fourth-order valence-electron chi connectivity index (χ4n) is 3.80. The highest BCUT2D eigenvalue weighted by Crippen LogP contribution is 2.22. The van der Waals surface area contributed by atoms with Gasteiger partial charge in [-0.3, -0.25) is 9.63 Å². The molecule has 3 atom stereocenters. The van der Waals surface area contributed by atoms with Gasteiger partial charge in [-0.15, -0.1) is 0 Å². The normalized spacial score (nSPS) is 22.6. The first-order valence-corrected chi connectivity index (χ1v) is 11.5. The molecule has 2 saturated heterocycles. The summed E-state index contributed by atoms with van der Waals surface area (Å²) in [6.07, 6.45) is 7.16. The lowest BCUT2D eigenvalue weighted by atomic mass is 9.91. The van der Waals surface area contributed by atoms with Crippen molar-refractivity contribution in [2.45, 2.75) is 82.9 Å². The number of hydroxylamine groups is 1. The summed E-state index contributed by atoms with van der Waals surface area (Å²) in [6, 6.07) is -0.886. The van der Waals surface area contributed by atoms with E-state index in [0.29, 0.717) is 6.42 Å². The molecule has 2 rings (SSSR count). The minimum Gasteiger partial charge on any atom is -0.434 e. The number of nitrogens with one attached hydrogen (secondary N) is 3. The maximum atomic E-state index is 12.1. The maximum Gasteiger partial charge on any atom is 0.516 e. The molecule has 0 spiro atoms. The monoisotopic (exact) mass is 442 g/mol. The van der Waals surface area contributed by atoms with Crippen molar-refractivity contribution in [1.82, 2.24) is 16.1 Å². The Labute approximate surface area is 184 Å². The molecule has 5 N–H and O–H groups in total. The number of amides is 1. The van der Waals surface area contributed by atoms with Gasteiger partial charge in [0.05, 0.1) is 19.1 Å². The first-order chi connectivity index (χ1) is 15.0. The van der Waals surface area contributed by atoms with Crippen LogP contribution in [0.15, 0.2) is 0 Å². The van der Waals surface area contributed by atoms with Gasteiger partial charge in [-0.25, -0.2) is 9.59 Å². The van der Waals surface area contributed by atoms with Gasteiger partial charge in [0.25, 0.3) is 0 Å². The molecule has 0 saturated carbocycles. The second kappa shape index (κ2) is 14.3. The average molecular weight is 443 g/mol. The van der Waals surface area contributed by atoms with Crippen LogP contribution in [0, 0.1) is 5.92 Å². The zero-order valence-corrected chi connectivity index (χ0v) is 18.5. The SMILES string of the molecule is CCCCOC(=O)OC(=O)[C@@H](N)CNC(=O)C[C@H]1C[C@H](CCCC2CCNCC2)NO1. The fraction of sp³-hybridized carbons (Fsp3) is 0.857. The third-order valence-corrected chi connectivity index (χ3v) is 5.71. The predicted octanol–water partition coefficient (Wildman–Crippen LogP) is 1.13. The number of piperidine rings is 1. The summed E-state index contributed by atoms with van der Waals surface area (Å²) in [7, 11) is 0. The molecule has 0 bridgehead atoms. The highest BCUT2D eigenvalue weighted by atomic mass is 16.7. The minimum atomic E-state index is -1.15. The van der Waals surface area contributed by atoms with E-state index in [4.69, 9.17) is 15.3 Å². The molecule has 2 heterocycles. The Morgan fingerprint density at radius 3 is 2.71 bits per heavy atom. The molecule has 10 nitrogen and oxygen atoms in total. The number of unbranched alkanes of at least 4 members (excludes halogenated alkanes) is 1. The predicted molar refractivity (Wildman–Crippen MR) is 114 cm³/mol. The van der Waals surface area contributed by atoms with Gasteiger partial charge in [0, 0.05) is 12.6 Å². The number of carbonyl (C=O) groups excluding carboxylic acids is 3. The molecule has 1 amide bonds. The summed E-state index contributed by atoms with van der Waals surface area (Å²) in [4.78, 5) is 40.8. The van der Waals surface area contributed by atoms with Crippen molar-refractivity contribution in [3.63, 3.8) is 0 Å². The highest BCUT2D eigenvalue weighted by molar-refractivity contribution is 5.86. The van der Waals surface area contributed by atoms with Gasteiger partial charge in [-0.2, -0.15) is 5.48 Å². The Morgan fingerprint density at radius 2 is 1.97 bits per heavy atom. The third kappa shape index (κ3) is 10.4. The van der Waals surface area contributed by atoms with E-state index in [2.05, 4.69) is 20.9 Å². The molecule has 0 aliphatic carbocycles. The Bertz CT molecular complexity index is 570. The summed E-state index contributed by atoms with van der Waals surface area (Å²) >= 11 is 0. The number of rotatable bonds is 12. The Kier molecular flexibility index (Phi) is 11.8. The van der Waals surface area contributed by atoms with Crippen LogP contribution in [-0.4, -0.2) is 62.5 Å². The first-order valence-electron chi connectivity index (χ1n) is 11.5. The van der Waals surface area contributed by atoms with Crippen molar-refractivity contribution >= 4 is 18.0 Å². The summed E-state index contributed by atoms with van der Waals surface area (Å²) in [5, 5.41) is 5.97. The van der Waals surface area contributed by atoms with E-state index in [1.54, 1.807) is 0 Å². The zero-order valence-electron chi connectivity index (χ0n) is 18.5. The lowest BCUT2D eigenvalue weighted by molar-refractivity contribution is -0.141. The van der Waals surface area contributed by atoms with E-state index in [0.717, 1.165) is 44.7 Å². The number of esters is 1. The molecule has 0 aromatic rings. The smallest absolute Gasteiger partial charge is 0.434 e. The molecule has 2 aliphatic heterocycles. The standard InChI is InChI=1S/C21H38N4O6/c1-2-3-11-29-21(28)30-20(27)18(22)14-24-19(26)13-17-12-16(25-31-17)6-4-5-15-7-9-23-10-8-15/h15-18,23,25H,2-14,22H2,1H3,(H,24,26)/t16-,17+,18-/m0/s1. The van der Waals surface area contributed by atoms with Crippen molar-refractivity contribution in [3.05, 3.63) is 0 Å². The van der Waals surface area contributed by atoms with Crippen molar-refractivity contribution in [2.75, 3.05) is 26.2 Å². The van der Waals surface area contributed by atoms with E-state index in [-0.39, 0.29) is 37.6 Å². The number of carbonyl (C=O) groups is 3. The highest BCUT2D eigenvalue weighted by Gasteiger charge is 2.28. The summed E-state index contributed by atoms with van der Waals surface area (Å²) in [6.45, 7) is 4.25. The van der Waals surface area contributed by atoms with Crippen LogP contribution in [0.5, 0.6) is 0 Å². The fourth-order valence-corrected chi connectivity index (χ4v) is 3.80. The molecule has 2 aliphatic rings. The van der Waals surface area contributed by atoms with Crippen LogP contribution in [0.1, 0.15) is 64.7 Å². The molecule has 10 heteroatoms. The van der Waals surface area contributed by atoms with Crippen LogP contribution >= 0.6 is 0 Å². The van der Waals surface area contributed by atoms with Crippen LogP contribution in [0.2, 0.25) is 0 Å². The number of hydrogen-bond donors (Lipinski definition) is 4. The topological polar surface area (TPSA) is 141 Å². The average Bonchev–Trinajstić information content (AvgIpc) is 3.20. The van der Waals surface area contributed by atoms with E-state index in [9.17, 15) is 14.4 Å². The van der Waals surface area contributed by atoms with Gasteiger partial charge in [0.1, 0.15) is 6.04 Å². The van der Waals surface area contributed by atoms with Crippen LogP contribution in [0.3, 0.4) is 0 Å². The van der Waals surface area contributed by atoms with Crippen molar-refractivity contribution in [2.24, 2.45) is 11.7 Å². The third-order valence-electron chi connectivity index (χ3n) is 5.71. The van der Waals surface area contributed by atoms with Crippen LogP contribution in [0.25, 0.3) is 0 Å². The molecular weight excluding hydrogens is 404 g/mol. The molecule has 0 aromatic heterocycles. The minimum absolute atomic E-state index is 0.125. The van der Waals surface area contributed by atoms with Gasteiger partial charge in [0.2, 0.25) is 5.91 Å². The van der Waals surface area contributed by atoms with E-state index < -0.39 is 18.2 Å². The van der Waals surface area contributed by atoms with Gasteiger partial charge in [-0.1, -0.05) is 26.2 Å². The van der Waals surface area contributed by atoms with Crippen LogP contribution in [0.4, 0.5) is 4.79 Å². The van der Waals surface area contributed by atoms with Gasteiger partial charge in [-0.05, 0) is 51.1 Å². The number of hydrogen-bond acceptors (Lipinski definition) is 9. The Hall–Kier alpha value is -1.75. The largest absolute Gasteiger partial charge is 0.516 e. The second-order valence-electron chi connectivity index (χ2n) is 8.40. The van der Waals surface area contributed by atoms with Crippen LogP contribution < -0.4 is 21.8 Å². The second-order valence-corrected chi connectivity index (χ2v) is 8.40. The van der Waals surface area contributed by atoms with Gasteiger partial charge < -0.3 is 25.8 Å². The summed E-state index contributed by atoms with van der Waals surface area (Å²) < 4.78 is 9.24. The Balaban J connectivity index is 1.54. The molecule has 0 unspecified atom stereocenters. The maximum absolute atomic E-state index is 12.1. The molecule has 178 valence electrons. The Morgan fingerprint density at radius 1 is 1.19 bits per heavy atom. The van der Waals surface area contributed by atoms with Crippen molar-refractivity contribution in [3.8, 4) is 0 Å². The quantitative estimate of drug-likeness (QED) is 0.199. The summed E-state index contributed by atoms with van der Waals surface area (Å²) in [5.41, 5.74) is 8.70.